The highest BCUT2D eigenvalue weighted by Gasteiger charge is 2.15. The van der Waals surface area contributed by atoms with Gasteiger partial charge in [0.25, 0.3) is 0 Å². The number of nitrogen functional groups attached to an aromatic ring is 1. The van der Waals surface area contributed by atoms with Gasteiger partial charge in [0.05, 0.1) is 12.4 Å². The highest BCUT2D eigenvalue weighted by Crippen LogP contribution is 2.23. The van der Waals surface area contributed by atoms with Gasteiger partial charge in [-0.1, -0.05) is 64.1 Å². The number of nitrogens with zero attached hydrogens (tertiary/aromatic N) is 2. The van der Waals surface area contributed by atoms with Crippen molar-refractivity contribution in [2.75, 3.05) is 18.1 Å². The molecule has 0 amide bonds. The van der Waals surface area contributed by atoms with Crippen molar-refractivity contribution in [3.63, 3.8) is 0 Å². The van der Waals surface area contributed by atoms with Crippen LogP contribution < -0.4 is 5.73 Å². The molecule has 0 saturated carbocycles. The predicted molar refractivity (Wildman–Crippen MR) is 117 cm³/mol. The maximum atomic E-state index is 12.5. The van der Waals surface area contributed by atoms with Crippen molar-refractivity contribution >= 4 is 45.3 Å². The lowest BCUT2D eigenvalue weighted by Crippen LogP contribution is -2.11. The van der Waals surface area contributed by atoms with Crippen LogP contribution in [0.3, 0.4) is 0 Å². The number of halogens is 1. The molecule has 1 aromatic heterocycles. The number of carbonyl (C=O) groups is 2. The minimum absolute atomic E-state index is 0.0345. The number of Topliss-reactive ketones (excluding diaryl/α,β-unsaturated/α-hetero) is 1. The highest BCUT2D eigenvalue weighted by atomic mass is 79.9. The summed E-state index contributed by atoms with van der Waals surface area (Å²) in [5.41, 5.74) is 8.63. The lowest BCUT2D eigenvalue weighted by molar-refractivity contribution is 0.0526. The van der Waals surface area contributed by atoms with Gasteiger partial charge in [-0.2, -0.15) is 0 Å². The summed E-state index contributed by atoms with van der Waals surface area (Å²) in [5, 5.41) is 0.329. The summed E-state index contributed by atoms with van der Waals surface area (Å²) >= 11 is 4.58. The van der Waals surface area contributed by atoms with Crippen molar-refractivity contribution in [1.29, 1.82) is 0 Å². The van der Waals surface area contributed by atoms with Crippen LogP contribution in [0, 0.1) is 0 Å². The van der Waals surface area contributed by atoms with Crippen LogP contribution in [-0.2, 0) is 4.74 Å². The van der Waals surface area contributed by atoms with Crippen molar-refractivity contribution in [1.82, 2.24) is 9.97 Å². The fourth-order valence-corrected chi connectivity index (χ4v) is 3.50. The average Bonchev–Trinajstić information content (AvgIpc) is 2.73. The first-order valence-electron chi connectivity index (χ1n) is 8.79. The number of thioether (sulfide) groups is 1. The Morgan fingerprint density at radius 3 is 2.28 bits per heavy atom. The quantitative estimate of drug-likeness (QED) is 0.232. The number of carbonyl (C=O) groups excluding carboxylic acids is 2. The Bertz CT molecular complexity index is 1020. The molecule has 2 N–H and O–H groups in total. The number of esters is 1. The van der Waals surface area contributed by atoms with Gasteiger partial charge in [-0.05, 0) is 30.2 Å². The zero-order valence-electron chi connectivity index (χ0n) is 15.6. The molecule has 0 aliphatic rings. The van der Waals surface area contributed by atoms with E-state index >= 15 is 0 Å². The molecule has 0 aliphatic heterocycles. The molecule has 0 radical (unpaired) electrons. The highest BCUT2D eigenvalue weighted by molar-refractivity contribution is 9.10. The average molecular weight is 472 g/mol. The lowest BCUT2D eigenvalue weighted by Gasteiger charge is -2.06. The number of anilines is 1. The largest absolute Gasteiger partial charge is 0.462 e. The standard InChI is InChI=1S/C21H18BrN3O3S/c1-2-28-20(27)17-11-24-21(25-19(17)23)29-12-18(26)15-5-3-13(4-6-15)14-7-9-16(22)10-8-14/h3-11H,2,12H2,1H3,(H2,23,24,25). The predicted octanol–water partition coefficient (Wildman–Crippen LogP) is 4.64. The van der Waals surface area contributed by atoms with E-state index in [2.05, 4.69) is 25.9 Å². The maximum absolute atomic E-state index is 12.5. The smallest absolute Gasteiger partial charge is 0.343 e. The Morgan fingerprint density at radius 1 is 1.07 bits per heavy atom. The van der Waals surface area contributed by atoms with Gasteiger partial charge in [0.1, 0.15) is 11.4 Å². The van der Waals surface area contributed by atoms with Gasteiger partial charge in [-0.25, -0.2) is 14.8 Å². The number of rotatable bonds is 7. The molecule has 0 spiro atoms. The van der Waals surface area contributed by atoms with E-state index in [0.29, 0.717) is 10.7 Å². The van der Waals surface area contributed by atoms with Gasteiger partial charge >= 0.3 is 5.97 Å². The summed E-state index contributed by atoms with van der Waals surface area (Å²) < 4.78 is 5.91. The Hall–Kier alpha value is -2.71. The molecule has 2 aromatic carbocycles. The van der Waals surface area contributed by atoms with E-state index in [1.807, 2.05) is 36.4 Å². The summed E-state index contributed by atoms with van der Waals surface area (Å²) in [6.45, 7) is 1.94. The van der Waals surface area contributed by atoms with Crippen LogP contribution in [0.4, 0.5) is 5.82 Å². The van der Waals surface area contributed by atoms with E-state index in [4.69, 9.17) is 10.5 Å². The third kappa shape index (κ3) is 5.42. The number of hydrogen-bond donors (Lipinski definition) is 1. The van der Waals surface area contributed by atoms with Gasteiger partial charge in [-0.15, -0.1) is 0 Å². The first-order valence-corrected chi connectivity index (χ1v) is 10.6. The fourth-order valence-electron chi connectivity index (χ4n) is 2.52. The summed E-state index contributed by atoms with van der Waals surface area (Å²) in [4.78, 5) is 32.4. The molecule has 0 saturated heterocycles. The van der Waals surface area contributed by atoms with Crippen molar-refractivity contribution in [2.45, 2.75) is 12.1 Å². The lowest BCUT2D eigenvalue weighted by atomic mass is 10.0. The summed E-state index contributed by atoms with van der Waals surface area (Å²) in [6.07, 6.45) is 1.32. The second-order valence-electron chi connectivity index (χ2n) is 5.97. The third-order valence-electron chi connectivity index (χ3n) is 4.01. The molecule has 3 aromatic rings. The van der Waals surface area contributed by atoms with Gasteiger partial charge in [0.2, 0.25) is 0 Å². The van der Waals surface area contributed by atoms with Crippen LogP contribution in [-0.4, -0.2) is 34.1 Å². The molecule has 3 rings (SSSR count). The number of ketones is 1. The van der Waals surface area contributed by atoms with E-state index < -0.39 is 5.97 Å². The normalized spacial score (nSPS) is 10.6. The van der Waals surface area contributed by atoms with Gasteiger partial charge in [0.15, 0.2) is 10.9 Å². The summed E-state index contributed by atoms with van der Waals surface area (Å²) in [7, 11) is 0. The molecule has 0 unspecified atom stereocenters. The zero-order valence-corrected chi connectivity index (χ0v) is 18.0. The Balaban J connectivity index is 1.62. The van der Waals surface area contributed by atoms with Gasteiger partial charge in [-0.3, -0.25) is 4.79 Å². The van der Waals surface area contributed by atoms with E-state index in [9.17, 15) is 9.59 Å². The van der Waals surface area contributed by atoms with Crippen molar-refractivity contribution in [3.8, 4) is 11.1 Å². The molecule has 29 heavy (non-hydrogen) atoms. The molecule has 0 bridgehead atoms. The Kier molecular flexibility index (Phi) is 7.00. The van der Waals surface area contributed by atoms with E-state index in [1.54, 1.807) is 19.1 Å². The van der Waals surface area contributed by atoms with E-state index in [1.165, 1.54) is 6.20 Å². The topological polar surface area (TPSA) is 95.2 Å². The second kappa shape index (κ2) is 9.67. The number of nitrogens with two attached hydrogens (primary N) is 1. The SMILES string of the molecule is CCOC(=O)c1cnc(SCC(=O)c2ccc(-c3ccc(Br)cc3)cc2)nc1N. The van der Waals surface area contributed by atoms with Crippen molar-refractivity contribution in [3.05, 3.63) is 70.3 Å². The molecular weight excluding hydrogens is 454 g/mol. The molecule has 0 atom stereocenters. The van der Waals surface area contributed by atoms with Crippen molar-refractivity contribution < 1.29 is 14.3 Å². The fraction of sp³-hybridized carbons (Fsp3) is 0.143. The van der Waals surface area contributed by atoms with Crippen LogP contribution in [0.25, 0.3) is 11.1 Å². The van der Waals surface area contributed by atoms with Crippen LogP contribution in [0.2, 0.25) is 0 Å². The Labute approximate surface area is 181 Å². The minimum atomic E-state index is -0.566. The molecule has 0 aliphatic carbocycles. The first kappa shape index (κ1) is 21.0. The van der Waals surface area contributed by atoms with Crippen molar-refractivity contribution in [2.24, 2.45) is 0 Å². The number of aromatic nitrogens is 2. The molecule has 148 valence electrons. The van der Waals surface area contributed by atoms with Gasteiger partial charge < -0.3 is 10.5 Å². The minimum Gasteiger partial charge on any atom is -0.462 e. The van der Waals surface area contributed by atoms with Crippen LogP contribution in [0.15, 0.2) is 64.4 Å². The number of benzene rings is 2. The second-order valence-corrected chi connectivity index (χ2v) is 7.83. The first-order chi connectivity index (χ1) is 14.0. The summed E-state index contributed by atoms with van der Waals surface area (Å²) in [6, 6.07) is 15.4. The number of ether oxygens (including phenoxy) is 1. The van der Waals surface area contributed by atoms with E-state index in [0.717, 1.165) is 27.4 Å². The van der Waals surface area contributed by atoms with Crippen LogP contribution in [0.1, 0.15) is 27.6 Å². The summed E-state index contributed by atoms with van der Waals surface area (Å²) in [5.74, 6) is -0.416. The zero-order chi connectivity index (χ0) is 20.8. The molecule has 8 heteroatoms. The monoisotopic (exact) mass is 471 g/mol. The van der Waals surface area contributed by atoms with E-state index in [-0.39, 0.29) is 29.5 Å². The maximum Gasteiger partial charge on any atom is 0.343 e. The van der Waals surface area contributed by atoms with Crippen LogP contribution >= 0.6 is 27.7 Å². The third-order valence-corrected chi connectivity index (χ3v) is 5.40. The van der Waals surface area contributed by atoms with Gasteiger partial charge in [0, 0.05) is 16.2 Å². The number of hydrogen-bond acceptors (Lipinski definition) is 7. The molecule has 6 nitrogen and oxygen atoms in total. The van der Waals surface area contributed by atoms with Crippen LogP contribution in [0.5, 0.6) is 0 Å². The molecule has 0 fully saturated rings. The Morgan fingerprint density at radius 2 is 1.69 bits per heavy atom. The molecule has 1 heterocycles. The molecular formula is C21H18BrN3O3S.